The van der Waals surface area contributed by atoms with Gasteiger partial charge in [0.25, 0.3) is 5.56 Å². The molecule has 1 aromatic rings. The lowest BCUT2D eigenvalue weighted by molar-refractivity contribution is 0.399. The molecule has 1 aliphatic rings. The zero-order chi connectivity index (χ0) is 10.1. The van der Waals surface area contributed by atoms with Gasteiger partial charge in [-0.3, -0.25) is 4.79 Å². The van der Waals surface area contributed by atoms with Crippen LogP contribution >= 0.6 is 22.6 Å². The van der Waals surface area contributed by atoms with Crippen molar-refractivity contribution in [2.75, 3.05) is 0 Å². The van der Waals surface area contributed by atoms with Gasteiger partial charge in [0, 0.05) is 5.92 Å². The van der Waals surface area contributed by atoms with E-state index < -0.39 is 0 Å². The third-order valence-electron chi connectivity index (χ3n) is 2.78. The fraction of sp³-hybridized carbons (Fsp3) is 0.600. The predicted molar refractivity (Wildman–Crippen MR) is 63.5 cm³/mol. The average Bonchev–Trinajstić information content (AvgIpc) is 2.08. The first-order valence-electron chi connectivity index (χ1n) is 5.01. The van der Waals surface area contributed by atoms with Gasteiger partial charge in [0.15, 0.2) is 0 Å². The number of rotatable bonds is 2. The molecule has 1 aromatic heterocycles. The Hall–Kier alpha value is -0.390. The highest BCUT2D eigenvalue weighted by atomic mass is 127. The first-order valence-corrected chi connectivity index (χ1v) is 6.08. The molecule has 0 spiro atoms. The Morgan fingerprint density at radius 3 is 2.79 bits per heavy atom. The molecule has 0 bridgehead atoms. The van der Waals surface area contributed by atoms with Gasteiger partial charge in [-0.1, -0.05) is 13.3 Å². The minimum Gasteiger partial charge on any atom is -0.309 e. The molecular formula is C10H13IN2O. The number of halogens is 1. The number of H-pyrrole nitrogens is 1. The second-order valence-electron chi connectivity index (χ2n) is 3.69. The van der Waals surface area contributed by atoms with Crippen molar-refractivity contribution in [3.63, 3.8) is 0 Å². The molecule has 4 heteroatoms. The average molecular weight is 304 g/mol. The molecule has 1 saturated carbocycles. The highest BCUT2D eigenvalue weighted by Gasteiger charge is 2.22. The Morgan fingerprint density at radius 1 is 1.57 bits per heavy atom. The number of hydrogen-bond donors (Lipinski definition) is 1. The summed E-state index contributed by atoms with van der Waals surface area (Å²) in [6, 6.07) is 0. The Morgan fingerprint density at radius 2 is 2.29 bits per heavy atom. The molecule has 0 unspecified atom stereocenters. The number of nitrogens with zero attached hydrogens (tertiary/aromatic N) is 1. The van der Waals surface area contributed by atoms with Crippen LogP contribution < -0.4 is 5.56 Å². The van der Waals surface area contributed by atoms with Crippen molar-refractivity contribution in [3.05, 3.63) is 25.4 Å². The van der Waals surface area contributed by atoms with Gasteiger partial charge in [-0.05, 0) is 41.9 Å². The summed E-state index contributed by atoms with van der Waals surface area (Å²) < 4.78 is 0.744. The molecule has 1 heterocycles. The van der Waals surface area contributed by atoms with Crippen molar-refractivity contribution in [2.24, 2.45) is 0 Å². The van der Waals surface area contributed by atoms with E-state index in [-0.39, 0.29) is 5.56 Å². The van der Waals surface area contributed by atoms with Crippen molar-refractivity contribution in [1.29, 1.82) is 0 Å². The SMILES string of the molecule is CCc1nc(C2CCC2)[nH]c(=O)c1I. The van der Waals surface area contributed by atoms with Crippen LogP contribution in [0.15, 0.2) is 4.79 Å². The van der Waals surface area contributed by atoms with E-state index in [0.717, 1.165) is 21.5 Å². The number of hydrogen-bond acceptors (Lipinski definition) is 2. The van der Waals surface area contributed by atoms with Crippen LogP contribution in [0.4, 0.5) is 0 Å². The molecule has 0 radical (unpaired) electrons. The van der Waals surface area contributed by atoms with Crippen LogP contribution in [-0.4, -0.2) is 9.97 Å². The summed E-state index contributed by atoms with van der Waals surface area (Å²) >= 11 is 2.07. The minimum atomic E-state index is 0.0272. The topological polar surface area (TPSA) is 45.8 Å². The smallest absolute Gasteiger partial charge is 0.264 e. The third kappa shape index (κ3) is 1.71. The zero-order valence-electron chi connectivity index (χ0n) is 8.14. The van der Waals surface area contributed by atoms with E-state index in [1.54, 1.807) is 0 Å². The van der Waals surface area contributed by atoms with Gasteiger partial charge in [-0.2, -0.15) is 0 Å². The van der Waals surface area contributed by atoms with Crippen molar-refractivity contribution in [3.8, 4) is 0 Å². The third-order valence-corrected chi connectivity index (χ3v) is 3.89. The van der Waals surface area contributed by atoms with Gasteiger partial charge >= 0.3 is 0 Å². The van der Waals surface area contributed by atoms with Crippen LogP contribution in [0, 0.1) is 3.57 Å². The summed E-state index contributed by atoms with van der Waals surface area (Å²) in [5.41, 5.74) is 0.968. The molecule has 0 aliphatic heterocycles. The maximum Gasteiger partial charge on any atom is 0.264 e. The van der Waals surface area contributed by atoms with Crippen molar-refractivity contribution in [2.45, 2.75) is 38.5 Å². The summed E-state index contributed by atoms with van der Waals surface area (Å²) in [6.45, 7) is 2.04. The lowest BCUT2D eigenvalue weighted by Gasteiger charge is -2.24. The quantitative estimate of drug-likeness (QED) is 0.852. The summed E-state index contributed by atoms with van der Waals surface area (Å²) in [6.07, 6.45) is 4.45. The van der Waals surface area contributed by atoms with E-state index in [9.17, 15) is 4.79 Å². The molecular weight excluding hydrogens is 291 g/mol. The number of aromatic amines is 1. The van der Waals surface area contributed by atoms with E-state index >= 15 is 0 Å². The minimum absolute atomic E-state index is 0.0272. The maximum absolute atomic E-state index is 11.6. The maximum atomic E-state index is 11.6. The van der Waals surface area contributed by atoms with Crippen LogP contribution in [0.2, 0.25) is 0 Å². The van der Waals surface area contributed by atoms with E-state index in [2.05, 4.69) is 32.6 Å². The van der Waals surface area contributed by atoms with E-state index in [1.807, 2.05) is 6.92 Å². The lowest BCUT2D eigenvalue weighted by Crippen LogP contribution is -2.22. The number of aromatic nitrogens is 2. The van der Waals surface area contributed by atoms with Crippen molar-refractivity contribution in [1.82, 2.24) is 9.97 Å². The Kier molecular flexibility index (Phi) is 2.90. The van der Waals surface area contributed by atoms with Gasteiger partial charge in [0.05, 0.1) is 9.26 Å². The monoisotopic (exact) mass is 304 g/mol. The van der Waals surface area contributed by atoms with Gasteiger partial charge in [0.1, 0.15) is 5.82 Å². The normalized spacial score (nSPS) is 16.7. The summed E-state index contributed by atoms with van der Waals surface area (Å²) in [5.74, 6) is 1.41. The first-order chi connectivity index (χ1) is 6.72. The van der Waals surface area contributed by atoms with Crippen molar-refractivity contribution < 1.29 is 0 Å². The van der Waals surface area contributed by atoms with Gasteiger partial charge in [-0.15, -0.1) is 0 Å². The summed E-state index contributed by atoms with van der Waals surface area (Å²) in [5, 5.41) is 0. The molecule has 1 aliphatic carbocycles. The molecule has 0 amide bonds. The lowest BCUT2D eigenvalue weighted by atomic mass is 9.85. The van der Waals surface area contributed by atoms with Crippen LogP contribution in [0.1, 0.15) is 43.6 Å². The van der Waals surface area contributed by atoms with E-state index in [4.69, 9.17) is 0 Å². The fourth-order valence-electron chi connectivity index (χ4n) is 1.63. The Labute approximate surface area is 96.5 Å². The molecule has 2 rings (SSSR count). The van der Waals surface area contributed by atoms with Gasteiger partial charge < -0.3 is 4.98 Å². The van der Waals surface area contributed by atoms with E-state index in [1.165, 1.54) is 19.3 Å². The van der Waals surface area contributed by atoms with Crippen LogP contribution in [0.25, 0.3) is 0 Å². The Balaban J connectivity index is 2.42. The molecule has 14 heavy (non-hydrogen) atoms. The second-order valence-corrected chi connectivity index (χ2v) is 4.77. The van der Waals surface area contributed by atoms with Gasteiger partial charge in [-0.25, -0.2) is 4.98 Å². The standard InChI is InChI=1S/C10H13IN2O/c1-2-7-8(11)10(14)13-9(12-7)6-4-3-5-6/h6H,2-5H2,1H3,(H,12,13,14). The molecule has 1 fully saturated rings. The molecule has 0 atom stereocenters. The largest absolute Gasteiger partial charge is 0.309 e. The summed E-state index contributed by atoms with van der Waals surface area (Å²) in [4.78, 5) is 18.9. The number of aryl methyl sites for hydroxylation is 1. The summed E-state index contributed by atoms with van der Waals surface area (Å²) in [7, 11) is 0. The molecule has 76 valence electrons. The van der Waals surface area contributed by atoms with E-state index in [0.29, 0.717) is 5.92 Å². The van der Waals surface area contributed by atoms with Crippen LogP contribution in [0.5, 0.6) is 0 Å². The Bertz CT molecular complexity index is 396. The molecule has 1 N–H and O–H groups in total. The molecule has 0 aromatic carbocycles. The fourth-order valence-corrected chi connectivity index (χ4v) is 2.27. The second kappa shape index (κ2) is 4.00. The first kappa shape index (κ1) is 10.1. The van der Waals surface area contributed by atoms with Crippen molar-refractivity contribution >= 4 is 22.6 Å². The van der Waals surface area contributed by atoms with Crippen LogP contribution in [0.3, 0.4) is 0 Å². The highest BCUT2D eigenvalue weighted by molar-refractivity contribution is 14.1. The molecule has 3 nitrogen and oxygen atoms in total. The predicted octanol–water partition coefficient (Wildman–Crippen LogP) is 2.20. The highest BCUT2D eigenvalue weighted by Crippen LogP contribution is 2.33. The van der Waals surface area contributed by atoms with Crippen LogP contribution in [-0.2, 0) is 6.42 Å². The number of nitrogens with one attached hydrogen (secondary N) is 1. The zero-order valence-corrected chi connectivity index (χ0v) is 10.3. The van der Waals surface area contributed by atoms with Gasteiger partial charge in [0.2, 0.25) is 0 Å². The molecule has 0 saturated heterocycles.